The van der Waals surface area contributed by atoms with Crippen LogP contribution < -0.4 is 0 Å². The second-order valence-corrected chi connectivity index (χ2v) is 3.21. The Morgan fingerprint density at radius 2 is 1.46 bits per heavy atom. The van der Waals surface area contributed by atoms with Crippen LogP contribution in [0.3, 0.4) is 0 Å². The Kier molecular flexibility index (Phi) is 7.40. The molecule has 0 aromatic heterocycles. The molecule has 1 aromatic rings. The van der Waals surface area contributed by atoms with Crippen molar-refractivity contribution in [1.29, 1.82) is 0 Å². The summed E-state index contributed by atoms with van der Waals surface area (Å²) in [5, 5.41) is 0. The summed E-state index contributed by atoms with van der Waals surface area (Å²) in [6.45, 7) is 2.00. The number of halogens is 1. The van der Waals surface area contributed by atoms with Crippen molar-refractivity contribution in [2.75, 3.05) is 0 Å². The lowest BCUT2D eigenvalue weighted by molar-refractivity contribution is -0.0979. The molecule has 0 aliphatic carbocycles. The molecule has 0 aliphatic rings. The summed E-state index contributed by atoms with van der Waals surface area (Å²) in [6, 6.07) is 7.42. The van der Waals surface area contributed by atoms with E-state index in [9.17, 15) is 8.42 Å². The summed E-state index contributed by atoms with van der Waals surface area (Å²) in [4.78, 5) is 7.93. The lowest BCUT2D eigenvalue weighted by Gasteiger charge is -1.92. The first-order valence-electron chi connectivity index (χ1n) is 2.92. The predicted molar refractivity (Wildman–Crippen MR) is 50.6 cm³/mol. The van der Waals surface area contributed by atoms with E-state index >= 15 is 0 Å². The molecule has 0 aliphatic heterocycles. The quantitative estimate of drug-likeness (QED) is 0.727. The molecule has 13 heavy (non-hydrogen) atoms. The lowest BCUT2D eigenvalue weighted by atomic mass is 10.4. The van der Waals surface area contributed by atoms with E-state index in [1.54, 1.807) is 18.2 Å². The van der Waals surface area contributed by atoms with Gasteiger partial charge >= 0.3 is 0 Å². The van der Waals surface area contributed by atoms with Crippen LogP contribution in [0.2, 0.25) is 0 Å². The zero-order chi connectivity index (χ0) is 9.61. The Bertz CT molecular complexity index is 322. The van der Waals surface area contributed by atoms with Crippen LogP contribution in [0.15, 0.2) is 35.2 Å². The highest BCUT2D eigenvalue weighted by Gasteiger charge is 2.05. The van der Waals surface area contributed by atoms with E-state index in [1.807, 2.05) is 6.79 Å². The molecule has 0 amide bonds. The number of rotatable bonds is 1. The van der Waals surface area contributed by atoms with E-state index < -0.39 is 10.1 Å². The normalized spacial score (nSPS) is 9.00. The van der Waals surface area contributed by atoms with Gasteiger partial charge in [-0.15, -0.1) is 12.4 Å². The number of carbonyl (C=O) groups excluding carboxylic acids is 1. The van der Waals surface area contributed by atoms with Crippen molar-refractivity contribution in [3.8, 4) is 0 Å². The van der Waals surface area contributed by atoms with Crippen LogP contribution in [0, 0.1) is 0 Å². The van der Waals surface area contributed by atoms with Crippen molar-refractivity contribution in [1.82, 2.24) is 0 Å². The Morgan fingerprint density at radius 1 is 1.08 bits per heavy atom. The molecule has 0 heterocycles. The van der Waals surface area contributed by atoms with Crippen molar-refractivity contribution < 1.29 is 17.8 Å². The van der Waals surface area contributed by atoms with Crippen molar-refractivity contribution in [2.24, 2.45) is 0 Å². The second kappa shape index (κ2) is 6.59. The van der Waals surface area contributed by atoms with Crippen LogP contribution in [-0.2, 0) is 14.9 Å². The molecule has 0 fully saturated rings. The SMILES string of the molecule is C=O.Cl.O=S(=O)(O)c1ccccc1. The van der Waals surface area contributed by atoms with E-state index in [-0.39, 0.29) is 17.3 Å². The first-order chi connectivity index (χ1) is 5.61. The van der Waals surface area contributed by atoms with Crippen LogP contribution in [0.5, 0.6) is 0 Å². The monoisotopic (exact) mass is 224 g/mol. The molecule has 74 valence electrons. The average molecular weight is 225 g/mol. The van der Waals surface area contributed by atoms with Crippen LogP contribution >= 0.6 is 12.4 Å². The van der Waals surface area contributed by atoms with Crippen LogP contribution in [0.4, 0.5) is 0 Å². The van der Waals surface area contributed by atoms with E-state index in [0.717, 1.165) is 0 Å². The van der Waals surface area contributed by atoms with Gasteiger partial charge in [-0.05, 0) is 12.1 Å². The third-order valence-electron chi connectivity index (χ3n) is 1.04. The third-order valence-corrected chi connectivity index (χ3v) is 1.91. The molecular formula is C7H9ClO4S. The zero-order valence-corrected chi connectivity index (χ0v) is 8.22. The van der Waals surface area contributed by atoms with Gasteiger partial charge in [0.25, 0.3) is 10.1 Å². The minimum atomic E-state index is -4.00. The summed E-state index contributed by atoms with van der Waals surface area (Å²) in [5.41, 5.74) is 0. The highest BCUT2D eigenvalue weighted by molar-refractivity contribution is 7.85. The predicted octanol–water partition coefficient (Wildman–Crippen LogP) is 1.17. The van der Waals surface area contributed by atoms with Gasteiger partial charge in [0.05, 0.1) is 4.90 Å². The summed E-state index contributed by atoms with van der Waals surface area (Å²) in [6.07, 6.45) is 0. The van der Waals surface area contributed by atoms with Gasteiger partial charge in [-0.2, -0.15) is 8.42 Å². The fraction of sp³-hybridized carbons (Fsp3) is 0. The topological polar surface area (TPSA) is 71.4 Å². The Morgan fingerprint density at radius 3 is 1.69 bits per heavy atom. The highest BCUT2D eigenvalue weighted by Crippen LogP contribution is 2.05. The average Bonchev–Trinajstić information content (AvgIpc) is 2.08. The van der Waals surface area contributed by atoms with E-state index in [2.05, 4.69) is 0 Å². The van der Waals surface area contributed by atoms with Gasteiger partial charge in [-0.25, -0.2) is 0 Å². The highest BCUT2D eigenvalue weighted by atomic mass is 35.5. The van der Waals surface area contributed by atoms with Gasteiger partial charge in [0.2, 0.25) is 0 Å². The van der Waals surface area contributed by atoms with Crippen LogP contribution in [0.1, 0.15) is 0 Å². The molecule has 0 atom stereocenters. The maximum atomic E-state index is 10.4. The van der Waals surface area contributed by atoms with E-state index in [0.29, 0.717) is 0 Å². The summed E-state index contributed by atoms with van der Waals surface area (Å²) in [7, 11) is -4.00. The third kappa shape index (κ3) is 5.35. The van der Waals surface area contributed by atoms with Gasteiger partial charge < -0.3 is 4.79 Å². The van der Waals surface area contributed by atoms with E-state index in [1.165, 1.54) is 12.1 Å². The lowest BCUT2D eigenvalue weighted by Crippen LogP contribution is -1.96. The van der Waals surface area contributed by atoms with Crippen molar-refractivity contribution >= 4 is 29.3 Å². The Hall–Kier alpha value is -0.910. The molecule has 1 aromatic carbocycles. The minimum Gasteiger partial charge on any atom is -0.307 e. The Balaban J connectivity index is 0. The molecule has 0 bridgehead atoms. The van der Waals surface area contributed by atoms with Gasteiger partial charge in [0.15, 0.2) is 0 Å². The van der Waals surface area contributed by atoms with Crippen LogP contribution in [-0.4, -0.2) is 19.8 Å². The summed E-state index contributed by atoms with van der Waals surface area (Å²) >= 11 is 0. The Labute approximate surface area is 82.7 Å². The maximum absolute atomic E-state index is 10.4. The number of hydrogen-bond donors (Lipinski definition) is 1. The first-order valence-corrected chi connectivity index (χ1v) is 4.36. The molecule has 1 rings (SSSR count). The van der Waals surface area contributed by atoms with Crippen molar-refractivity contribution in [2.45, 2.75) is 4.90 Å². The summed E-state index contributed by atoms with van der Waals surface area (Å²) < 4.78 is 29.2. The van der Waals surface area contributed by atoms with Gasteiger partial charge in [0.1, 0.15) is 6.79 Å². The van der Waals surface area contributed by atoms with Gasteiger partial charge in [-0.3, -0.25) is 4.55 Å². The van der Waals surface area contributed by atoms with Gasteiger partial charge in [0, 0.05) is 0 Å². The molecule has 0 radical (unpaired) electrons. The number of hydrogen-bond acceptors (Lipinski definition) is 3. The molecule has 6 heteroatoms. The minimum absolute atomic E-state index is 0. The maximum Gasteiger partial charge on any atom is 0.294 e. The fourth-order valence-corrected chi connectivity index (χ4v) is 1.09. The van der Waals surface area contributed by atoms with Gasteiger partial charge in [-0.1, -0.05) is 18.2 Å². The first kappa shape index (κ1) is 14.6. The molecule has 0 unspecified atom stereocenters. The largest absolute Gasteiger partial charge is 0.307 e. The molecular weight excluding hydrogens is 216 g/mol. The smallest absolute Gasteiger partial charge is 0.294 e. The zero-order valence-electron chi connectivity index (χ0n) is 6.58. The standard InChI is InChI=1S/C6H6O3S.CH2O.ClH/c7-10(8,9)6-4-2-1-3-5-6;1-2;/h1-5H,(H,7,8,9);1H2;1H. The number of carbonyl (C=O) groups is 1. The molecule has 4 nitrogen and oxygen atoms in total. The second-order valence-electron chi connectivity index (χ2n) is 1.79. The van der Waals surface area contributed by atoms with Crippen molar-refractivity contribution in [3.05, 3.63) is 30.3 Å². The van der Waals surface area contributed by atoms with E-state index in [4.69, 9.17) is 9.35 Å². The molecule has 0 spiro atoms. The summed E-state index contributed by atoms with van der Waals surface area (Å²) in [5.74, 6) is 0. The molecule has 0 saturated heterocycles. The molecule has 0 saturated carbocycles. The van der Waals surface area contributed by atoms with Crippen molar-refractivity contribution in [3.63, 3.8) is 0 Å². The number of benzene rings is 1. The fourth-order valence-electron chi connectivity index (χ4n) is 0.592. The van der Waals surface area contributed by atoms with Crippen LogP contribution in [0.25, 0.3) is 0 Å². The molecule has 1 N–H and O–H groups in total.